The average molecular weight is 308 g/mol. The van der Waals surface area contributed by atoms with Gasteiger partial charge < -0.3 is 15.8 Å². The average Bonchev–Trinajstić information content (AvgIpc) is 2.99. The van der Waals surface area contributed by atoms with Gasteiger partial charge in [0.05, 0.1) is 52.8 Å². The third kappa shape index (κ3) is 2.93. The lowest BCUT2D eigenvalue weighted by Gasteiger charge is -2.10. The fourth-order valence-corrected chi connectivity index (χ4v) is 2.30. The van der Waals surface area contributed by atoms with Gasteiger partial charge in [-0.15, -0.1) is 0 Å². The molecule has 0 aliphatic rings. The van der Waals surface area contributed by atoms with Gasteiger partial charge in [-0.25, -0.2) is 4.52 Å². The van der Waals surface area contributed by atoms with E-state index >= 15 is 0 Å². The summed E-state index contributed by atoms with van der Waals surface area (Å²) in [7, 11) is 1.65. The molecule has 3 heterocycles. The van der Waals surface area contributed by atoms with Gasteiger partial charge >= 0.3 is 0 Å². The molecule has 3 rings (SSSR count). The SMILES string of the molecule is COCCNc1cc(-c2ccc3cc(C#N)cnn23)ncc1N. The number of nitrogens with two attached hydrogens (primary N) is 1. The smallest absolute Gasteiger partial charge is 0.101 e. The van der Waals surface area contributed by atoms with Gasteiger partial charge in [0.2, 0.25) is 0 Å². The highest BCUT2D eigenvalue weighted by molar-refractivity contribution is 5.73. The summed E-state index contributed by atoms with van der Waals surface area (Å²) in [5, 5.41) is 16.5. The Morgan fingerprint density at radius 1 is 1.35 bits per heavy atom. The lowest BCUT2D eigenvalue weighted by molar-refractivity contribution is 0.211. The topological polar surface area (TPSA) is 101 Å². The molecule has 23 heavy (non-hydrogen) atoms. The second kappa shape index (κ2) is 6.34. The second-order valence-corrected chi connectivity index (χ2v) is 4.99. The van der Waals surface area contributed by atoms with Crippen LogP contribution in [0.2, 0.25) is 0 Å². The van der Waals surface area contributed by atoms with Crippen molar-refractivity contribution in [1.82, 2.24) is 14.6 Å². The molecule has 0 spiro atoms. The molecule has 0 saturated carbocycles. The Kier molecular flexibility index (Phi) is 4.08. The Labute approximate surface area is 133 Å². The summed E-state index contributed by atoms with van der Waals surface area (Å²) in [4.78, 5) is 4.38. The first-order valence-corrected chi connectivity index (χ1v) is 7.09. The van der Waals surface area contributed by atoms with Gasteiger partial charge in [-0.3, -0.25) is 4.98 Å². The van der Waals surface area contributed by atoms with E-state index < -0.39 is 0 Å². The highest BCUT2D eigenvalue weighted by atomic mass is 16.5. The van der Waals surface area contributed by atoms with Crippen molar-refractivity contribution in [3.8, 4) is 17.5 Å². The van der Waals surface area contributed by atoms with Gasteiger partial charge in [0.25, 0.3) is 0 Å². The number of pyridine rings is 1. The molecular weight excluding hydrogens is 292 g/mol. The van der Waals surface area contributed by atoms with E-state index in [1.54, 1.807) is 23.9 Å². The largest absolute Gasteiger partial charge is 0.396 e. The minimum absolute atomic E-state index is 0.523. The van der Waals surface area contributed by atoms with Crippen LogP contribution in [0.15, 0.2) is 36.7 Å². The number of fused-ring (bicyclic) bond motifs is 1. The number of nitrogens with one attached hydrogen (secondary N) is 1. The number of hydrogen-bond donors (Lipinski definition) is 2. The molecule has 116 valence electrons. The van der Waals surface area contributed by atoms with Crippen molar-refractivity contribution in [1.29, 1.82) is 5.26 Å². The maximum Gasteiger partial charge on any atom is 0.101 e. The fourth-order valence-electron chi connectivity index (χ4n) is 2.30. The molecule has 0 bridgehead atoms. The summed E-state index contributed by atoms with van der Waals surface area (Å²) in [5.74, 6) is 0. The summed E-state index contributed by atoms with van der Waals surface area (Å²) in [6.07, 6.45) is 3.15. The lowest BCUT2D eigenvalue weighted by atomic mass is 10.2. The number of rotatable bonds is 5. The maximum atomic E-state index is 8.95. The van der Waals surface area contributed by atoms with E-state index in [0.29, 0.717) is 24.4 Å². The third-order valence-corrected chi connectivity index (χ3v) is 3.45. The predicted molar refractivity (Wildman–Crippen MR) is 87.9 cm³/mol. The summed E-state index contributed by atoms with van der Waals surface area (Å²) in [6, 6.07) is 9.57. The number of ether oxygens (including phenoxy) is 1. The van der Waals surface area contributed by atoms with Crippen LogP contribution >= 0.6 is 0 Å². The minimum Gasteiger partial charge on any atom is -0.396 e. The van der Waals surface area contributed by atoms with Crippen molar-refractivity contribution < 1.29 is 4.74 Å². The van der Waals surface area contributed by atoms with Gasteiger partial charge in [-0.1, -0.05) is 0 Å². The van der Waals surface area contributed by atoms with E-state index in [4.69, 9.17) is 15.7 Å². The molecule has 0 atom stereocenters. The molecule has 7 nitrogen and oxygen atoms in total. The Morgan fingerprint density at radius 2 is 2.22 bits per heavy atom. The molecule has 3 aromatic heterocycles. The molecule has 7 heteroatoms. The molecule has 3 aromatic rings. The molecule has 0 aliphatic carbocycles. The zero-order valence-electron chi connectivity index (χ0n) is 12.7. The molecule has 3 N–H and O–H groups in total. The van der Waals surface area contributed by atoms with Gasteiger partial charge in [0.1, 0.15) is 6.07 Å². The van der Waals surface area contributed by atoms with Crippen molar-refractivity contribution in [2.24, 2.45) is 0 Å². The molecule has 0 aliphatic heterocycles. The van der Waals surface area contributed by atoms with E-state index in [2.05, 4.69) is 21.5 Å². The van der Waals surface area contributed by atoms with Crippen LogP contribution in [-0.4, -0.2) is 34.9 Å². The number of aromatic nitrogens is 3. The van der Waals surface area contributed by atoms with Gasteiger partial charge in [0, 0.05) is 13.7 Å². The first kappa shape index (κ1) is 14.8. The van der Waals surface area contributed by atoms with Crippen LogP contribution in [0.3, 0.4) is 0 Å². The van der Waals surface area contributed by atoms with Crippen molar-refractivity contribution in [3.63, 3.8) is 0 Å². The summed E-state index contributed by atoms with van der Waals surface area (Å²) in [5.41, 5.74) is 10.3. The quantitative estimate of drug-likeness (QED) is 0.698. The zero-order chi connectivity index (χ0) is 16.2. The van der Waals surface area contributed by atoms with Crippen LogP contribution in [0.4, 0.5) is 11.4 Å². The van der Waals surface area contributed by atoms with Crippen LogP contribution in [0, 0.1) is 11.3 Å². The molecule has 0 fully saturated rings. The highest BCUT2D eigenvalue weighted by Gasteiger charge is 2.10. The van der Waals surface area contributed by atoms with E-state index in [-0.39, 0.29) is 0 Å². The molecular formula is C16H16N6O. The zero-order valence-corrected chi connectivity index (χ0v) is 12.7. The number of nitrogens with zero attached hydrogens (tertiary/aromatic N) is 4. The summed E-state index contributed by atoms with van der Waals surface area (Å²) < 4.78 is 6.77. The normalized spacial score (nSPS) is 10.6. The predicted octanol–water partition coefficient (Wildman–Crippen LogP) is 1.91. The lowest BCUT2D eigenvalue weighted by Crippen LogP contribution is -2.09. The van der Waals surface area contributed by atoms with Gasteiger partial charge in [-0.05, 0) is 24.3 Å². The number of hydrogen-bond acceptors (Lipinski definition) is 6. The second-order valence-electron chi connectivity index (χ2n) is 4.99. The molecule has 0 amide bonds. The van der Waals surface area contributed by atoms with Gasteiger partial charge in [-0.2, -0.15) is 10.4 Å². The number of nitriles is 1. The van der Waals surface area contributed by atoms with Crippen molar-refractivity contribution in [2.75, 3.05) is 31.3 Å². The third-order valence-electron chi connectivity index (χ3n) is 3.45. The first-order valence-electron chi connectivity index (χ1n) is 7.09. The summed E-state index contributed by atoms with van der Waals surface area (Å²) in [6.45, 7) is 1.24. The Balaban J connectivity index is 1.98. The molecule has 0 radical (unpaired) electrons. The maximum absolute atomic E-state index is 8.95. The van der Waals surface area contributed by atoms with E-state index in [9.17, 15) is 0 Å². The standard InChI is InChI=1S/C16H16N6O/c1-23-5-4-19-14-7-15(20-10-13(14)18)16-3-2-12-6-11(8-17)9-21-22(12)16/h2-3,6-7,9-10H,4-5,18H2,1H3,(H,19,20). The van der Waals surface area contributed by atoms with Crippen molar-refractivity contribution >= 4 is 16.9 Å². The molecule has 0 aromatic carbocycles. The van der Waals surface area contributed by atoms with E-state index in [0.717, 1.165) is 22.6 Å². The fraction of sp³-hybridized carbons (Fsp3) is 0.188. The Hall–Kier alpha value is -3.11. The Morgan fingerprint density at radius 3 is 3.00 bits per heavy atom. The molecule has 0 saturated heterocycles. The highest BCUT2D eigenvalue weighted by Crippen LogP contribution is 2.26. The van der Waals surface area contributed by atoms with E-state index in [1.165, 1.54) is 6.20 Å². The van der Waals surface area contributed by atoms with Crippen LogP contribution in [0.5, 0.6) is 0 Å². The molecule has 0 unspecified atom stereocenters. The monoisotopic (exact) mass is 308 g/mol. The van der Waals surface area contributed by atoms with E-state index in [1.807, 2.05) is 18.2 Å². The number of anilines is 2. The number of nitrogen functional groups attached to an aromatic ring is 1. The van der Waals surface area contributed by atoms with Crippen LogP contribution in [0.1, 0.15) is 5.56 Å². The van der Waals surface area contributed by atoms with Crippen LogP contribution < -0.4 is 11.1 Å². The van der Waals surface area contributed by atoms with Crippen LogP contribution in [0.25, 0.3) is 16.9 Å². The van der Waals surface area contributed by atoms with Crippen molar-refractivity contribution in [2.45, 2.75) is 0 Å². The summed E-state index contributed by atoms with van der Waals surface area (Å²) >= 11 is 0. The Bertz CT molecular complexity index is 880. The number of methoxy groups -OCH3 is 1. The van der Waals surface area contributed by atoms with Crippen molar-refractivity contribution in [3.05, 3.63) is 42.2 Å². The van der Waals surface area contributed by atoms with Crippen LogP contribution in [-0.2, 0) is 4.74 Å². The minimum atomic E-state index is 0.523. The first-order chi connectivity index (χ1) is 11.2. The van der Waals surface area contributed by atoms with Gasteiger partial charge in [0.15, 0.2) is 0 Å².